The summed E-state index contributed by atoms with van der Waals surface area (Å²) >= 11 is 3.11. The number of halogens is 3. The van der Waals surface area contributed by atoms with Gasteiger partial charge in [-0.2, -0.15) is 0 Å². The van der Waals surface area contributed by atoms with E-state index in [1.807, 2.05) is 0 Å². The van der Waals surface area contributed by atoms with E-state index in [0.29, 0.717) is 5.56 Å². The van der Waals surface area contributed by atoms with Crippen LogP contribution in [0.3, 0.4) is 0 Å². The lowest BCUT2D eigenvalue weighted by Crippen LogP contribution is -2.09. The zero-order valence-corrected chi connectivity index (χ0v) is 11.5. The van der Waals surface area contributed by atoms with Crippen molar-refractivity contribution < 1.29 is 23.0 Å². The Balaban J connectivity index is 3.05. The van der Waals surface area contributed by atoms with Crippen molar-refractivity contribution in [2.45, 2.75) is 19.8 Å². The van der Waals surface area contributed by atoms with Crippen molar-refractivity contribution >= 4 is 21.9 Å². The summed E-state index contributed by atoms with van der Waals surface area (Å²) in [5, 5.41) is 0. The number of ether oxygens (including phenoxy) is 2. The topological polar surface area (TPSA) is 48.4 Å². The molecule has 1 rings (SSSR count). The smallest absolute Gasteiger partial charge is 0.310 e. The molecule has 0 spiro atoms. The molecule has 0 aromatic carbocycles. The van der Waals surface area contributed by atoms with Crippen LogP contribution in [0.2, 0.25) is 0 Å². The van der Waals surface area contributed by atoms with Gasteiger partial charge in [0.05, 0.1) is 25.7 Å². The number of hydrogen-bond acceptors (Lipinski definition) is 4. The van der Waals surface area contributed by atoms with Gasteiger partial charge in [0.25, 0.3) is 6.43 Å². The average Bonchev–Trinajstić information content (AvgIpc) is 2.31. The lowest BCUT2D eigenvalue weighted by Gasteiger charge is -2.10. The number of carbonyl (C=O) groups excluding carboxylic acids is 1. The molecular formula is C11H12BrF2NO3. The fraction of sp³-hybridized carbons (Fsp3) is 0.455. The summed E-state index contributed by atoms with van der Waals surface area (Å²) in [4.78, 5) is 15.1. The molecule has 0 aliphatic heterocycles. The number of alkyl halides is 2. The highest BCUT2D eigenvalue weighted by Crippen LogP contribution is 2.31. The predicted octanol–water partition coefficient (Wildman–Crippen LogP) is 2.90. The van der Waals surface area contributed by atoms with E-state index < -0.39 is 12.4 Å². The van der Waals surface area contributed by atoms with Crippen LogP contribution in [0, 0.1) is 0 Å². The number of hydrogen-bond donors (Lipinski definition) is 0. The molecule has 18 heavy (non-hydrogen) atoms. The predicted molar refractivity (Wildman–Crippen MR) is 63.8 cm³/mol. The van der Waals surface area contributed by atoms with Gasteiger partial charge in [0.2, 0.25) is 5.88 Å². The normalized spacial score (nSPS) is 10.6. The molecule has 1 aromatic rings. The standard InChI is InChI=1S/C11H12BrF2NO3/c1-3-18-8(16)5-6-4-7(10(13)14)11(17-2)15-9(6)12/h4,10H,3,5H2,1-2H3. The summed E-state index contributed by atoms with van der Waals surface area (Å²) in [6.07, 6.45) is -2.84. The number of rotatable bonds is 5. The third-order valence-corrected chi connectivity index (χ3v) is 2.80. The third-order valence-electron chi connectivity index (χ3n) is 2.11. The second-order valence-corrected chi connectivity index (χ2v) is 4.07. The van der Waals surface area contributed by atoms with Crippen LogP contribution in [0.4, 0.5) is 8.78 Å². The van der Waals surface area contributed by atoms with E-state index in [-0.39, 0.29) is 29.1 Å². The van der Waals surface area contributed by atoms with Crippen LogP contribution in [-0.2, 0) is 16.0 Å². The molecule has 100 valence electrons. The van der Waals surface area contributed by atoms with Crippen LogP contribution in [0.25, 0.3) is 0 Å². The molecule has 0 aliphatic rings. The van der Waals surface area contributed by atoms with Crippen LogP contribution in [0.1, 0.15) is 24.5 Å². The Hall–Kier alpha value is -1.24. The molecule has 0 atom stereocenters. The maximum absolute atomic E-state index is 12.8. The van der Waals surface area contributed by atoms with Gasteiger partial charge < -0.3 is 9.47 Å². The van der Waals surface area contributed by atoms with Gasteiger partial charge in [-0.05, 0) is 34.5 Å². The second-order valence-electron chi connectivity index (χ2n) is 3.32. The molecule has 0 bridgehead atoms. The van der Waals surface area contributed by atoms with Crippen molar-refractivity contribution in [1.29, 1.82) is 0 Å². The van der Waals surface area contributed by atoms with Crippen molar-refractivity contribution in [2.24, 2.45) is 0 Å². The molecule has 0 amide bonds. The van der Waals surface area contributed by atoms with E-state index in [1.165, 1.54) is 13.2 Å². The number of carbonyl (C=O) groups is 1. The summed E-state index contributed by atoms with van der Waals surface area (Å²) in [6.45, 7) is 1.91. The van der Waals surface area contributed by atoms with Crippen molar-refractivity contribution in [3.05, 3.63) is 21.8 Å². The Morgan fingerprint density at radius 2 is 2.22 bits per heavy atom. The van der Waals surface area contributed by atoms with E-state index in [4.69, 9.17) is 9.47 Å². The lowest BCUT2D eigenvalue weighted by atomic mass is 10.1. The summed E-state index contributed by atoms with van der Waals surface area (Å²) < 4.78 is 35.3. The first kappa shape index (κ1) is 14.8. The molecule has 1 heterocycles. The van der Waals surface area contributed by atoms with Gasteiger partial charge in [0.15, 0.2) is 0 Å². The van der Waals surface area contributed by atoms with Gasteiger partial charge in [0.1, 0.15) is 4.60 Å². The fourth-order valence-electron chi connectivity index (χ4n) is 1.35. The molecule has 0 unspecified atom stereocenters. The maximum atomic E-state index is 12.8. The minimum absolute atomic E-state index is 0.120. The van der Waals surface area contributed by atoms with E-state index in [2.05, 4.69) is 20.9 Å². The largest absolute Gasteiger partial charge is 0.481 e. The number of pyridine rings is 1. The molecule has 0 N–H and O–H groups in total. The Kier molecular flexibility index (Phi) is 5.46. The van der Waals surface area contributed by atoms with Crippen LogP contribution in [0.5, 0.6) is 5.88 Å². The highest BCUT2D eigenvalue weighted by Gasteiger charge is 2.19. The zero-order chi connectivity index (χ0) is 13.7. The monoisotopic (exact) mass is 323 g/mol. The molecule has 0 saturated carbocycles. The van der Waals surface area contributed by atoms with Crippen LogP contribution >= 0.6 is 15.9 Å². The summed E-state index contributed by atoms with van der Waals surface area (Å²) in [7, 11) is 1.26. The van der Waals surface area contributed by atoms with Gasteiger partial charge in [-0.15, -0.1) is 0 Å². The number of aromatic nitrogens is 1. The van der Waals surface area contributed by atoms with E-state index in [9.17, 15) is 13.6 Å². The quantitative estimate of drug-likeness (QED) is 0.617. The SMILES string of the molecule is CCOC(=O)Cc1cc(C(F)F)c(OC)nc1Br. The Morgan fingerprint density at radius 3 is 2.72 bits per heavy atom. The minimum Gasteiger partial charge on any atom is -0.481 e. The minimum atomic E-state index is -2.72. The Labute approximate surface area is 111 Å². The highest BCUT2D eigenvalue weighted by atomic mass is 79.9. The molecule has 7 heteroatoms. The first-order valence-corrected chi connectivity index (χ1v) is 5.96. The van der Waals surface area contributed by atoms with E-state index >= 15 is 0 Å². The first-order valence-electron chi connectivity index (χ1n) is 5.16. The summed E-state index contributed by atoms with van der Waals surface area (Å²) in [5.41, 5.74) is -0.00968. The van der Waals surface area contributed by atoms with Crippen molar-refractivity contribution in [1.82, 2.24) is 4.98 Å². The number of methoxy groups -OCH3 is 1. The van der Waals surface area contributed by atoms with Crippen molar-refractivity contribution in [3.63, 3.8) is 0 Å². The molecule has 1 aromatic heterocycles. The van der Waals surface area contributed by atoms with Crippen LogP contribution < -0.4 is 4.74 Å². The molecule has 4 nitrogen and oxygen atoms in total. The average molecular weight is 324 g/mol. The first-order chi connectivity index (χ1) is 8.49. The molecule has 0 aliphatic carbocycles. The van der Waals surface area contributed by atoms with Gasteiger partial charge in [-0.1, -0.05) is 0 Å². The third kappa shape index (κ3) is 3.63. The summed E-state index contributed by atoms with van der Waals surface area (Å²) in [5.74, 6) is -0.658. The molecule has 0 fully saturated rings. The second kappa shape index (κ2) is 6.63. The fourth-order valence-corrected chi connectivity index (χ4v) is 1.76. The molecule has 0 radical (unpaired) electrons. The summed E-state index contributed by atoms with van der Waals surface area (Å²) in [6, 6.07) is 1.19. The van der Waals surface area contributed by atoms with Crippen LogP contribution in [-0.4, -0.2) is 24.7 Å². The van der Waals surface area contributed by atoms with Crippen molar-refractivity contribution in [3.8, 4) is 5.88 Å². The Bertz CT molecular complexity index is 441. The zero-order valence-electron chi connectivity index (χ0n) is 9.87. The van der Waals surface area contributed by atoms with Crippen molar-refractivity contribution in [2.75, 3.05) is 13.7 Å². The molecule has 0 saturated heterocycles. The van der Waals surface area contributed by atoms with Gasteiger partial charge >= 0.3 is 5.97 Å². The van der Waals surface area contributed by atoms with E-state index in [1.54, 1.807) is 6.92 Å². The number of nitrogens with zero attached hydrogens (tertiary/aromatic N) is 1. The highest BCUT2D eigenvalue weighted by molar-refractivity contribution is 9.10. The van der Waals surface area contributed by atoms with E-state index in [0.717, 1.165) is 0 Å². The Morgan fingerprint density at radius 1 is 1.56 bits per heavy atom. The maximum Gasteiger partial charge on any atom is 0.310 e. The van der Waals surface area contributed by atoms with Gasteiger partial charge in [-0.3, -0.25) is 4.79 Å². The molecular weight excluding hydrogens is 312 g/mol. The van der Waals surface area contributed by atoms with Gasteiger partial charge in [0, 0.05) is 0 Å². The number of esters is 1. The lowest BCUT2D eigenvalue weighted by molar-refractivity contribution is -0.142. The van der Waals surface area contributed by atoms with Gasteiger partial charge in [-0.25, -0.2) is 13.8 Å². The van der Waals surface area contributed by atoms with Crippen LogP contribution in [0.15, 0.2) is 10.7 Å².